The zero-order chi connectivity index (χ0) is 13.4. The molecule has 0 aromatic heterocycles. The van der Waals surface area contributed by atoms with Crippen molar-refractivity contribution in [1.82, 2.24) is 0 Å². The molecule has 0 bridgehead atoms. The summed E-state index contributed by atoms with van der Waals surface area (Å²) in [7, 11) is 1.35. The van der Waals surface area contributed by atoms with E-state index >= 15 is 0 Å². The van der Waals surface area contributed by atoms with Gasteiger partial charge in [0.25, 0.3) is 0 Å². The van der Waals surface area contributed by atoms with E-state index in [9.17, 15) is 4.79 Å². The molecule has 18 heavy (non-hydrogen) atoms. The van der Waals surface area contributed by atoms with Crippen LogP contribution in [0.3, 0.4) is 0 Å². The van der Waals surface area contributed by atoms with Crippen LogP contribution in [0.4, 0.5) is 11.4 Å². The van der Waals surface area contributed by atoms with Crippen LogP contribution in [0, 0.1) is 0 Å². The smallest absolute Gasteiger partial charge is 0.340 e. The quantitative estimate of drug-likeness (QED) is 0.443. The summed E-state index contributed by atoms with van der Waals surface area (Å²) in [6, 6.07) is 5.34. The third-order valence-corrected chi connectivity index (χ3v) is 2.82. The third-order valence-electron chi connectivity index (χ3n) is 2.82. The van der Waals surface area contributed by atoms with Gasteiger partial charge in [0, 0.05) is 17.9 Å². The average molecular weight is 250 g/mol. The molecule has 1 aromatic carbocycles. The lowest BCUT2D eigenvalue weighted by Crippen LogP contribution is -2.08. The maximum atomic E-state index is 11.5. The van der Waals surface area contributed by atoms with Crippen LogP contribution in [0.5, 0.6) is 0 Å². The number of methoxy groups -OCH3 is 1. The normalized spacial score (nSPS) is 10.1. The van der Waals surface area contributed by atoms with Gasteiger partial charge < -0.3 is 15.8 Å². The number of carbonyl (C=O) groups excluding carboxylic acids is 1. The molecule has 0 fully saturated rings. The maximum absolute atomic E-state index is 11.5. The number of rotatable bonds is 7. The number of nitrogens with one attached hydrogen (secondary N) is 1. The van der Waals surface area contributed by atoms with E-state index in [2.05, 4.69) is 17.0 Å². The van der Waals surface area contributed by atoms with Crippen LogP contribution in [-0.2, 0) is 4.74 Å². The van der Waals surface area contributed by atoms with E-state index in [0.717, 1.165) is 18.7 Å². The first-order valence-corrected chi connectivity index (χ1v) is 6.40. The van der Waals surface area contributed by atoms with Gasteiger partial charge in [0.05, 0.1) is 12.7 Å². The highest BCUT2D eigenvalue weighted by atomic mass is 16.5. The molecule has 4 nitrogen and oxygen atoms in total. The number of ether oxygens (including phenoxy) is 1. The van der Waals surface area contributed by atoms with E-state index in [1.54, 1.807) is 12.1 Å². The molecule has 0 aliphatic carbocycles. The van der Waals surface area contributed by atoms with Gasteiger partial charge in [-0.05, 0) is 24.6 Å². The van der Waals surface area contributed by atoms with Gasteiger partial charge in [0.1, 0.15) is 0 Å². The van der Waals surface area contributed by atoms with Crippen molar-refractivity contribution in [3.05, 3.63) is 23.8 Å². The summed E-state index contributed by atoms with van der Waals surface area (Å²) in [5, 5.41) is 3.29. The number of nitrogens with two attached hydrogens (primary N) is 1. The summed E-state index contributed by atoms with van der Waals surface area (Å²) in [6.07, 6.45) is 4.85. The van der Waals surface area contributed by atoms with Gasteiger partial charge in [-0.2, -0.15) is 0 Å². The molecule has 4 heteroatoms. The minimum atomic E-state index is -0.401. The molecule has 1 aromatic rings. The average Bonchev–Trinajstić information content (AvgIpc) is 2.39. The standard InChI is InChI=1S/C14H22N2O2/c1-3-4-5-6-9-16-11-7-8-13(15)12(10-11)14(17)18-2/h7-8,10,16H,3-6,9,15H2,1-2H3. The Bertz CT molecular complexity index is 391. The fraction of sp³-hybridized carbons (Fsp3) is 0.500. The Hall–Kier alpha value is -1.71. The summed E-state index contributed by atoms with van der Waals surface area (Å²) < 4.78 is 4.68. The molecule has 100 valence electrons. The van der Waals surface area contributed by atoms with Crippen LogP contribution >= 0.6 is 0 Å². The van der Waals surface area contributed by atoms with Crippen LogP contribution in [0.25, 0.3) is 0 Å². The van der Waals surface area contributed by atoms with E-state index in [1.807, 2.05) is 6.07 Å². The first kappa shape index (κ1) is 14.4. The Morgan fingerprint density at radius 3 is 2.78 bits per heavy atom. The molecule has 0 aliphatic rings. The van der Waals surface area contributed by atoms with Crippen molar-refractivity contribution in [3.63, 3.8) is 0 Å². The number of anilines is 2. The van der Waals surface area contributed by atoms with Crippen LogP contribution in [0.1, 0.15) is 43.0 Å². The summed E-state index contributed by atoms with van der Waals surface area (Å²) >= 11 is 0. The largest absolute Gasteiger partial charge is 0.465 e. The van der Waals surface area contributed by atoms with Crippen molar-refractivity contribution in [2.45, 2.75) is 32.6 Å². The van der Waals surface area contributed by atoms with Crippen molar-refractivity contribution in [3.8, 4) is 0 Å². The van der Waals surface area contributed by atoms with Crippen LogP contribution in [0.15, 0.2) is 18.2 Å². The number of unbranched alkanes of at least 4 members (excludes halogenated alkanes) is 3. The van der Waals surface area contributed by atoms with Gasteiger partial charge in [-0.3, -0.25) is 0 Å². The summed E-state index contributed by atoms with van der Waals surface area (Å²) in [5.74, 6) is -0.401. The summed E-state index contributed by atoms with van der Waals surface area (Å²) in [5.41, 5.74) is 7.49. The van der Waals surface area contributed by atoms with E-state index in [1.165, 1.54) is 26.4 Å². The Balaban J connectivity index is 2.54. The zero-order valence-electron chi connectivity index (χ0n) is 11.2. The monoisotopic (exact) mass is 250 g/mol. The summed E-state index contributed by atoms with van der Waals surface area (Å²) in [6.45, 7) is 3.10. The van der Waals surface area contributed by atoms with Crippen molar-refractivity contribution >= 4 is 17.3 Å². The maximum Gasteiger partial charge on any atom is 0.340 e. The Kier molecular flexibility index (Phi) is 6.05. The molecule has 0 aliphatic heterocycles. The number of hydrogen-bond acceptors (Lipinski definition) is 4. The Morgan fingerprint density at radius 2 is 2.11 bits per heavy atom. The fourth-order valence-electron chi connectivity index (χ4n) is 1.74. The number of benzene rings is 1. The van der Waals surface area contributed by atoms with Crippen LogP contribution in [0.2, 0.25) is 0 Å². The molecule has 0 saturated carbocycles. The highest BCUT2D eigenvalue weighted by molar-refractivity contribution is 5.96. The zero-order valence-corrected chi connectivity index (χ0v) is 11.2. The van der Waals surface area contributed by atoms with Gasteiger partial charge in [-0.1, -0.05) is 26.2 Å². The molecule has 0 spiro atoms. The molecule has 0 amide bonds. The molecule has 0 radical (unpaired) electrons. The second kappa shape index (κ2) is 7.58. The first-order chi connectivity index (χ1) is 8.69. The van der Waals surface area contributed by atoms with Gasteiger partial charge >= 0.3 is 5.97 Å². The lowest BCUT2D eigenvalue weighted by molar-refractivity contribution is 0.0602. The van der Waals surface area contributed by atoms with E-state index in [-0.39, 0.29) is 0 Å². The summed E-state index contributed by atoms with van der Waals surface area (Å²) in [4.78, 5) is 11.5. The van der Waals surface area contributed by atoms with Crippen molar-refractivity contribution in [2.75, 3.05) is 24.7 Å². The van der Waals surface area contributed by atoms with Gasteiger partial charge in [-0.25, -0.2) is 4.79 Å². The number of hydrogen-bond donors (Lipinski definition) is 2. The molecule has 0 unspecified atom stereocenters. The topological polar surface area (TPSA) is 64.3 Å². The van der Waals surface area contributed by atoms with E-state index in [4.69, 9.17) is 5.73 Å². The predicted octanol–water partition coefficient (Wildman–Crippen LogP) is 3.05. The molecule has 0 saturated heterocycles. The third kappa shape index (κ3) is 4.28. The molecule has 0 atom stereocenters. The molecular formula is C14H22N2O2. The minimum Gasteiger partial charge on any atom is -0.465 e. The Labute approximate surface area is 109 Å². The predicted molar refractivity (Wildman–Crippen MR) is 74.8 cm³/mol. The highest BCUT2D eigenvalue weighted by Crippen LogP contribution is 2.18. The molecule has 1 rings (SSSR count). The lowest BCUT2D eigenvalue weighted by atomic mass is 10.1. The number of carbonyl (C=O) groups is 1. The molecular weight excluding hydrogens is 228 g/mol. The van der Waals surface area contributed by atoms with E-state index in [0.29, 0.717) is 11.3 Å². The second-order valence-electron chi connectivity index (χ2n) is 4.28. The van der Waals surface area contributed by atoms with Gasteiger partial charge in [-0.15, -0.1) is 0 Å². The van der Waals surface area contributed by atoms with Crippen molar-refractivity contribution < 1.29 is 9.53 Å². The number of esters is 1. The second-order valence-corrected chi connectivity index (χ2v) is 4.28. The first-order valence-electron chi connectivity index (χ1n) is 6.40. The van der Waals surface area contributed by atoms with Gasteiger partial charge in [0.2, 0.25) is 0 Å². The minimum absolute atomic E-state index is 0.401. The van der Waals surface area contributed by atoms with Crippen molar-refractivity contribution in [2.24, 2.45) is 0 Å². The number of nitrogen functional groups attached to an aromatic ring is 1. The molecule has 0 heterocycles. The van der Waals surface area contributed by atoms with E-state index < -0.39 is 5.97 Å². The molecule has 3 N–H and O–H groups in total. The SMILES string of the molecule is CCCCCCNc1ccc(N)c(C(=O)OC)c1. The highest BCUT2D eigenvalue weighted by Gasteiger charge is 2.10. The lowest BCUT2D eigenvalue weighted by Gasteiger charge is -2.09. The fourth-order valence-corrected chi connectivity index (χ4v) is 1.74. The van der Waals surface area contributed by atoms with Crippen LogP contribution in [-0.4, -0.2) is 19.6 Å². The van der Waals surface area contributed by atoms with Crippen LogP contribution < -0.4 is 11.1 Å². The van der Waals surface area contributed by atoms with Gasteiger partial charge in [0.15, 0.2) is 0 Å². The van der Waals surface area contributed by atoms with Crippen molar-refractivity contribution in [1.29, 1.82) is 0 Å². The Morgan fingerprint density at radius 1 is 1.33 bits per heavy atom.